The number of benzene rings is 1. The lowest BCUT2D eigenvalue weighted by Crippen LogP contribution is -2.32. The molecule has 0 unspecified atom stereocenters. The first-order valence-electron chi connectivity index (χ1n) is 5.31. The van der Waals surface area contributed by atoms with Crippen molar-refractivity contribution in [1.82, 2.24) is 0 Å². The van der Waals surface area contributed by atoms with Crippen LogP contribution in [0.1, 0.15) is 13.8 Å². The average Bonchev–Trinajstić information content (AvgIpc) is 2.31. The van der Waals surface area contributed by atoms with E-state index in [4.69, 9.17) is 16.9 Å². The molecule has 0 fully saturated rings. The van der Waals surface area contributed by atoms with Crippen molar-refractivity contribution in [3.05, 3.63) is 29.8 Å². The molecule has 5 heteroatoms. The van der Waals surface area contributed by atoms with E-state index in [1.54, 1.807) is 12.1 Å². The van der Waals surface area contributed by atoms with E-state index in [0.29, 0.717) is 5.75 Å². The number of carbonyl (C=O) groups is 2. The summed E-state index contributed by atoms with van der Waals surface area (Å²) in [5.41, 5.74) is 6.12. The second kappa shape index (κ2) is 5.27. The molecule has 0 bridgehead atoms. The smallest absolute Gasteiger partial charge is 0.320 e. The molecule has 1 atom stereocenters. The van der Waals surface area contributed by atoms with Gasteiger partial charge in [0.05, 0.1) is 0 Å². The van der Waals surface area contributed by atoms with Gasteiger partial charge < -0.3 is 15.6 Å². The Labute approximate surface area is 94.2 Å². The molecule has 5 nitrogen and oxygen atoms in total. The fraction of sp³-hybridized carbons (Fsp3) is 0.273. The first-order valence-corrected chi connectivity index (χ1v) is 4.60. The summed E-state index contributed by atoms with van der Waals surface area (Å²) in [7, 11) is 0. The van der Waals surface area contributed by atoms with E-state index in [1.165, 1.54) is 12.1 Å². The Morgan fingerprint density at radius 1 is 1.50 bits per heavy atom. The molecular formula is C11H13NO4. The van der Waals surface area contributed by atoms with Crippen LogP contribution in [0.3, 0.4) is 0 Å². The molecule has 0 aromatic heterocycles. The molecule has 1 rings (SSSR count). The van der Waals surface area contributed by atoms with E-state index >= 15 is 0 Å². The molecule has 3 N–H and O–H groups in total. The number of hydrogen-bond acceptors (Lipinski definition) is 4. The van der Waals surface area contributed by atoms with Gasteiger partial charge in [0.15, 0.2) is 0 Å². The number of hydrogen-bond donors (Lipinski definition) is 2. The van der Waals surface area contributed by atoms with Crippen LogP contribution < -0.4 is 10.5 Å². The van der Waals surface area contributed by atoms with Crippen LogP contribution in [-0.2, 0) is 16.0 Å². The minimum Gasteiger partial charge on any atom is -0.480 e. The molecule has 0 aliphatic carbocycles. The zero-order valence-electron chi connectivity index (χ0n) is 9.55. The number of nitrogens with two attached hydrogens (primary N) is 1. The fourth-order valence-electron chi connectivity index (χ4n) is 1.17. The molecule has 0 saturated heterocycles. The van der Waals surface area contributed by atoms with Gasteiger partial charge in [-0.3, -0.25) is 9.59 Å². The van der Waals surface area contributed by atoms with Crippen molar-refractivity contribution in [2.75, 3.05) is 0 Å². The number of aliphatic carboxylic acids is 1. The van der Waals surface area contributed by atoms with E-state index in [9.17, 15) is 9.59 Å². The van der Waals surface area contributed by atoms with Gasteiger partial charge in [-0.1, -0.05) is 12.1 Å². The minimum absolute atomic E-state index is 0.210. The predicted octanol–water partition coefficient (Wildman–Crippen LogP) is 0.566. The molecule has 1 aromatic carbocycles. The van der Waals surface area contributed by atoms with E-state index < -0.39 is 24.9 Å². The van der Waals surface area contributed by atoms with Crippen LogP contribution in [0.4, 0.5) is 0 Å². The second-order valence-corrected chi connectivity index (χ2v) is 3.27. The van der Waals surface area contributed by atoms with Crippen LogP contribution in [0.2, 0.25) is 0 Å². The lowest BCUT2D eigenvalue weighted by atomic mass is 10.1. The SMILES string of the molecule is [2H]CC(=O)Oc1ccc(C[C@H](N)C(=O)O)cc1. The van der Waals surface area contributed by atoms with Crippen molar-refractivity contribution in [3.8, 4) is 5.75 Å². The number of rotatable bonds is 4. The summed E-state index contributed by atoms with van der Waals surface area (Å²) in [5, 5.41) is 8.63. The summed E-state index contributed by atoms with van der Waals surface area (Å²) < 4.78 is 11.6. The van der Waals surface area contributed by atoms with Crippen molar-refractivity contribution >= 4 is 11.9 Å². The lowest BCUT2D eigenvalue weighted by molar-refractivity contribution is -0.138. The molecule has 86 valence electrons. The van der Waals surface area contributed by atoms with Crippen molar-refractivity contribution in [3.63, 3.8) is 0 Å². The molecule has 0 saturated carbocycles. The Morgan fingerprint density at radius 3 is 2.62 bits per heavy atom. The van der Waals surface area contributed by atoms with Crippen LogP contribution in [0.5, 0.6) is 5.75 Å². The minimum atomic E-state index is -1.06. The summed E-state index contributed by atoms with van der Waals surface area (Å²) in [6.45, 7) is -0.439. The van der Waals surface area contributed by atoms with Gasteiger partial charge in [0, 0.05) is 8.27 Å². The lowest BCUT2D eigenvalue weighted by Gasteiger charge is -2.07. The zero-order chi connectivity index (χ0) is 12.8. The van der Waals surface area contributed by atoms with Crippen LogP contribution in [0.25, 0.3) is 0 Å². The van der Waals surface area contributed by atoms with Gasteiger partial charge in [0.25, 0.3) is 0 Å². The molecule has 16 heavy (non-hydrogen) atoms. The van der Waals surface area contributed by atoms with Gasteiger partial charge in [-0.2, -0.15) is 0 Å². The standard InChI is InChI=1S/C11H13NO4/c1-7(13)16-9-4-2-8(3-5-9)6-10(12)11(14)15/h2-5,10H,6,12H2,1H3,(H,14,15)/t10-/m0/s1/i1D. The molecule has 0 radical (unpaired) electrons. The maximum absolute atomic E-state index is 10.8. The average molecular weight is 224 g/mol. The molecule has 0 aliphatic heterocycles. The van der Waals surface area contributed by atoms with Gasteiger partial charge in [0.2, 0.25) is 0 Å². The van der Waals surface area contributed by atoms with Gasteiger partial charge >= 0.3 is 11.9 Å². The molecule has 1 aromatic rings. The molecule has 0 spiro atoms. The zero-order valence-corrected chi connectivity index (χ0v) is 8.55. The number of esters is 1. The topological polar surface area (TPSA) is 89.6 Å². The van der Waals surface area contributed by atoms with Crippen LogP contribution in [0.15, 0.2) is 24.3 Å². The highest BCUT2D eigenvalue weighted by molar-refractivity contribution is 5.73. The third-order valence-electron chi connectivity index (χ3n) is 1.93. The first kappa shape index (κ1) is 10.6. The van der Waals surface area contributed by atoms with Gasteiger partial charge in [0.1, 0.15) is 11.8 Å². The monoisotopic (exact) mass is 224 g/mol. The molecule has 0 aliphatic rings. The number of carboxylic acid groups (broad SMARTS) is 1. The highest BCUT2D eigenvalue weighted by atomic mass is 16.5. The summed E-state index contributed by atoms with van der Waals surface area (Å²) in [6, 6.07) is 5.40. The Bertz CT molecular complexity index is 404. The fourth-order valence-corrected chi connectivity index (χ4v) is 1.17. The van der Waals surface area contributed by atoms with Gasteiger partial charge in [-0.15, -0.1) is 0 Å². The van der Waals surface area contributed by atoms with Gasteiger partial charge in [-0.05, 0) is 24.1 Å². The van der Waals surface area contributed by atoms with Crippen molar-refractivity contribution in [2.24, 2.45) is 5.73 Å². The van der Waals surface area contributed by atoms with Crippen LogP contribution >= 0.6 is 0 Å². The Kier molecular flexibility index (Phi) is 3.50. The Morgan fingerprint density at radius 2 is 2.12 bits per heavy atom. The Balaban J connectivity index is 2.62. The van der Waals surface area contributed by atoms with Crippen LogP contribution in [-0.4, -0.2) is 23.1 Å². The second-order valence-electron chi connectivity index (χ2n) is 3.27. The number of ether oxygens (including phenoxy) is 1. The van der Waals surface area contributed by atoms with Crippen molar-refractivity contribution in [2.45, 2.75) is 19.4 Å². The summed E-state index contributed by atoms with van der Waals surface area (Å²) >= 11 is 0. The molecule has 0 amide bonds. The predicted molar refractivity (Wildman–Crippen MR) is 57.1 cm³/mol. The number of carbonyl (C=O) groups excluding carboxylic acids is 1. The largest absolute Gasteiger partial charge is 0.480 e. The van der Waals surface area contributed by atoms with Crippen molar-refractivity contribution in [1.29, 1.82) is 0 Å². The Hall–Kier alpha value is -1.88. The maximum atomic E-state index is 10.8. The van der Waals surface area contributed by atoms with E-state index in [2.05, 4.69) is 0 Å². The summed E-state index contributed by atoms with van der Waals surface area (Å²) in [4.78, 5) is 21.4. The molecular weight excluding hydrogens is 210 g/mol. The quantitative estimate of drug-likeness (QED) is 0.576. The summed E-state index contributed by atoms with van der Waals surface area (Å²) in [6.07, 6.45) is 0.210. The van der Waals surface area contributed by atoms with E-state index in [1.807, 2.05) is 0 Å². The van der Waals surface area contributed by atoms with E-state index in [-0.39, 0.29) is 6.42 Å². The van der Waals surface area contributed by atoms with Gasteiger partial charge in [-0.25, -0.2) is 0 Å². The maximum Gasteiger partial charge on any atom is 0.320 e. The van der Waals surface area contributed by atoms with Crippen LogP contribution in [0, 0.1) is 0 Å². The normalized spacial score (nSPS) is 12.7. The third-order valence-corrected chi connectivity index (χ3v) is 1.93. The molecule has 0 heterocycles. The third kappa shape index (κ3) is 3.70. The highest BCUT2D eigenvalue weighted by Crippen LogP contribution is 2.13. The summed E-state index contributed by atoms with van der Waals surface area (Å²) in [5.74, 6) is -1.37. The van der Waals surface area contributed by atoms with E-state index in [0.717, 1.165) is 5.56 Å². The highest BCUT2D eigenvalue weighted by Gasteiger charge is 2.11. The number of carboxylic acids is 1. The first-order chi connectivity index (χ1) is 8.02. The van der Waals surface area contributed by atoms with Crippen molar-refractivity contribution < 1.29 is 20.8 Å².